The SMILES string of the molecule is CCc1nncn1CCNC(=NCCOCCO)NCCc1ccc(Cl)cc1Cl.I. The molecule has 0 saturated carbocycles. The summed E-state index contributed by atoms with van der Waals surface area (Å²) in [6, 6.07) is 5.51. The molecule has 1 aromatic carbocycles. The van der Waals surface area contributed by atoms with Crippen molar-refractivity contribution in [2.45, 2.75) is 26.3 Å². The van der Waals surface area contributed by atoms with Crippen LogP contribution in [0.3, 0.4) is 0 Å². The first kappa shape index (κ1) is 26.9. The Morgan fingerprint density at radius 1 is 1.23 bits per heavy atom. The van der Waals surface area contributed by atoms with Crippen molar-refractivity contribution in [2.75, 3.05) is 39.5 Å². The van der Waals surface area contributed by atoms with Crippen molar-refractivity contribution in [3.05, 3.63) is 46.0 Å². The van der Waals surface area contributed by atoms with Crippen LogP contribution in [0.4, 0.5) is 0 Å². The number of aliphatic hydroxyl groups excluding tert-OH is 1. The summed E-state index contributed by atoms with van der Waals surface area (Å²) in [4.78, 5) is 4.52. The van der Waals surface area contributed by atoms with E-state index in [1.54, 1.807) is 12.4 Å². The first-order valence-electron chi connectivity index (χ1n) is 9.65. The molecule has 11 heteroatoms. The van der Waals surface area contributed by atoms with Gasteiger partial charge in [0.25, 0.3) is 0 Å². The average molecular weight is 571 g/mol. The summed E-state index contributed by atoms with van der Waals surface area (Å²) in [7, 11) is 0. The van der Waals surface area contributed by atoms with Crippen molar-refractivity contribution in [3.63, 3.8) is 0 Å². The lowest BCUT2D eigenvalue weighted by molar-refractivity contribution is 0.0977. The Labute approximate surface area is 204 Å². The van der Waals surface area contributed by atoms with E-state index in [-0.39, 0.29) is 30.6 Å². The van der Waals surface area contributed by atoms with Crippen LogP contribution >= 0.6 is 47.2 Å². The highest BCUT2D eigenvalue weighted by molar-refractivity contribution is 14.0. The van der Waals surface area contributed by atoms with E-state index in [0.29, 0.717) is 48.9 Å². The number of aryl methyl sites for hydroxylation is 1. The van der Waals surface area contributed by atoms with Gasteiger partial charge in [-0.15, -0.1) is 34.2 Å². The number of nitrogens with one attached hydrogen (secondary N) is 2. The largest absolute Gasteiger partial charge is 0.394 e. The third-order valence-electron chi connectivity index (χ3n) is 4.10. The van der Waals surface area contributed by atoms with Crippen molar-refractivity contribution in [1.29, 1.82) is 0 Å². The molecule has 0 aliphatic rings. The van der Waals surface area contributed by atoms with E-state index in [4.69, 9.17) is 33.0 Å². The smallest absolute Gasteiger partial charge is 0.191 e. The fourth-order valence-corrected chi connectivity index (χ4v) is 3.14. The van der Waals surface area contributed by atoms with Gasteiger partial charge in [-0.05, 0) is 24.1 Å². The number of halogens is 3. The van der Waals surface area contributed by atoms with Gasteiger partial charge >= 0.3 is 0 Å². The lowest BCUT2D eigenvalue weighted by Gasteiger charge is -2.14. The van der Waals surface area contributed by atoms with Crippen molar-refractivity contribution >= 4 is 53.1 Å². The van der Waals surface area contributed by atoms with Crippen LogP contribution in [0.5, 0.6) is 0 Å². The minimum atomic E-state index is 0. The van der Waals surface area contributed by atoms with E-state index in [9.17, 15) is 0 Å². The monoisotopic (exact) mass is 570 g/mol. The van der Waals surface area contributed by atoms with Gasteiger partial charge in [0.05, 0.1) is 26.4 Å². The molecule has 8 nitrogen and oxygen atoms in total. The second kappa shape index (κ2) is 15.6. The van der Waals surface area contributed by atoms with Crippen LogP contribution in [-0.4, -0.2) is 65.3 Å². The molecule has 2 aromatic rings. The summed E-state index contributed by atoms with van der Waals surface area (Å²) in [5.74, 6) is 1.64. The second-order valence-electron chi connectivity index (χ2n) is 6.20. The maximum Gasteiger partial charge on any atom is 0.191 e. The zero-order chi connectivity index (χ0) is 20.9. The predicted octanol–water partition coefficient (Wildman–Crippen LogP) is 2.55. The number of nitrogens with zero attached hydrogens (tertiary/aromatic N) is 4. The zero-order valence-electron chi connectivity index (χ0n) is 17.0. The summed E-state index contributed by atoms with van der Waals surface area (Å²) in [5.41, 5.74) is 1.02. The molecule has 30 heavy (non-hydrogen) atoms. The molecule has 0 atom stereocenters. The van der Waals surface area contributed by atoms with Crippen molar-refractivity contribution < 1.29 is 9.84 Å². The Morgan fingerprint density at radius 2 is 2.03 bits per heavy atom. The maximum atomic E-state index is 8.77. The summed E-state index contributed by atoms with van der Waals surface area (Å²) in [6.07, 6.45) is 3.31. The van der Waals surface area contributed by atoms with Crippen molar-refractivity contribution in [1.82, 2.24) is 25.4 Å². The number of benzene rings is 1. The maximum absolute atomic E-state index is 8.77. The number of guanidine groups is 1. The second-order valence-corrected chi connectivity index (χ2v) is 7.04. The highest BCUT2D eigenvalue weighted by Gasteiger charge is 2.05. The van der Waals surface area contributed by atoms with E-state index in [1.807, 2.05) is 16.7 Å². The molecule has 0 unspecified atom stereocenters. The molecule has 168 valence electrons. The Kier molecular flexibility index (Phi) is 14.0. The van der Waals surface area contributed by atoms with Crippen LogP contribution in [-0.2, 0) is 24.1 Å². The summed E-state index contributed by atoms with van der Waals surface area (Å²) in [6.45, 7) is 5.39. The molecule has 0 fully saturated rings. The Morgan fingerprint density at radius 3 is 2.77 bits per heavy atom. The molecule has 0 amide bonds. The van der Waals surface area contributed by atoms with Gasteiger partial charge in [-0.3, -0.25) is 4.99 Å². The number of rotatable bonds is 12. The fraction of sp³-hybridized carbons (Fsp3) is 0.526. The highest BCUT2D eigenvalue weighted by atomic mass is 127. The molecule has 0 radical (unpaired) electrons. The summed E-state index contributed by atoms with van der Waals surface area (Å²) in [5, 5.41) is 24.7. The minimum Gasteiger partial charge on any atom is -0.394 e. The Hall–Kier alpha value is -1.14. The molecule has 0 aliphatic heterocycles. The van der Waals surface area contributed by atoms with Gasteiger partial charge < -0.3 is 25.0 Å². The van der Waals surface area contributed by atoms with Crippen LogP contribution in [0.2, 0.25) is 10.0 Å². The fourth-order valence-electron chi connectivity index (χ4n) is 2.64. The van der Waals surface area contributed by atoms with Gasteiger partial charge in [-0.1, -0.05) is 36.2 Å². The normalized spacial score (nSPS) is 11.3. The molecule has 3 N–H and O–H groups in total. The third-order valence-corrected chi connectivity index (χ3v) is 4.69. The molecule has 0 aliphatic carbocycles. The van der Waals surface area contributed by atoms with Crippen molar-refractivity contribution in [2.24, 2.45) is 4.99 Å². The number of aliphatic hydroxyl groups is 1. The van der Waals surface area contributed by atoms with Crippen LogP contribution in [0.1, 0.15) is 18.3 Å². The lowest BCUT2D eigenvalue weighted by atomic mass is 10.1. The number of aromatic nitrogens is 3. The van der Waals surface area contributed by atoms with Gasteiger partial charge in [-0.2, -0.15) is 0 Å². The van der Waals surface area contributed by atoms with E-state index in [1.165, 1.54) is 0 Å². The van der Waals surface area contributed by atoms with Gasteiger partial charge in [-0.25, -0.2) is 0 Å². The standard InChI is InChI=1S/C19H28Cl2N6O2.HI/c1-2-18-26-25-14-27(18)9-7-23-19(24-8-11-29-12-10-28)22-6-5-15-3-4-16(20)13-17(15)21;/h3-4,13-14,28H,2,5-12H2,1H3,(H2,22,23,24);1H. The topological polar surface area (TPSA) is 96.6 Å². The molecule has 0 spiro atoms. The molecule has 1 aromatic heterocycles. The van der Waals surface area contributed by atoms with Crippen molar-refractivity contribution in [3.8, 4) is 0 Å². The first-order chi connectivity index (χ1) is 14.1. The molecular weight excluding hydrogens is 542 g/mol. The number of hydrogen-bond acceptors (Lipinski definition) is 5. The van der Waals surface area contributed by atoms with Gasteiger partial charge in [0.1, 0.15) is 12.2 Å². The van der Waals surface area contributed by atoms with Gasteiger partial charge in [0.15, 0.2) is 5.96 Å². The molecular formula is C19H29Cl2IN6O2. The first-order valence-corrected chi connectivity index (χ1v) is 10.4. The van der Waals surface area contributed by atoms with Gasteiger partial charge in [0, 0.05) is 36.1 Å². The summed E-state index contributed by atoms with van der Waals surface area (Å²) < 4.78 is 7.28. The van der Waals surface area contributed by atoms with E-state index < -0.39 is 0 Å². The van der Waals surface area contributed by atoms with E-state index in [2.05, 4.69) is 32.7 Å². The summed E-state index contributed by atoms with van der Waals surface area (Å²) >= 11 is 12.2. The Bertz CT molecular complexity index is 775. The molecule has 0 bridgehead atoms. The van der Waals surface area contributed by atoms with E-state index >= 15 is 0 Å². The average Bonchev–Trinajstić information content (AvgIpc) is 3.16. The Balaban J connectivity index is 0.00000450. The molecule has 0 saturated heterocycles. The number of hydrogen-bond donors (Lipinski definition) is 3. The zero-order valence-corrected chi connectivity index (χ0v) is 20.8. The van der Waals surface area contributed by atoms with Crippen LogP contribution in [0, 0.1) is 0 Å². The van der Waals surface area contributed by atoms with E-state index in [0.717, 1.165) is 30.8 Å². The molecule has 1 heterocycles. The molecule has 2 rings (SSSR count). The highest BCUT2D eigenvalue weighted by Crippen LogP contribution is 2.20. The number of ether oxygens (including phenoxy) is 1. The minimum absolute atomic E-state index is 0. The quantitative estimate of drug-likeness (QED) is 0.157. The van der Waals surface area contributed by atoms with Crippen LogP contribution < -0.4 is 10.6 Å². The van der Waals surface area contributed by atoms with Crippen LogP contribution in [0.25, 0.3) is 0 Å². The number of aliphatic imine (C=N–C) groups is 1. The lowest BCUT2D eigenvalue weighted by Crippen LogP contribution is -2.40. The van der Waals surface area contributed by atoms with Gasteiger partial charge in [0.2, 0.25) is 0 Å². The van der Waals surface area contributed by atoms with Crippen LogP contribution in [0.15, 0.2) is 29.5 Å². The predicted molar refractivity (Wildman–Crippen MR) is 131 cm³/mol. The third kappa shape index (κ3) is 9.78.